The van der Waals surface area contributed by atoms with Crippen LogP contribution in [0, 0.1) is 0 Å². The number of rotatable bonds is 1. The van der Waals surface area contributed by atoms with E-state index in [1.54, 1.807) is 0 Å². The van der Waals surface area contributed by atoms with Crippen molar-refractivity contribution >= 4 is 0 Å². The molecule has 60 valence electrons. The number of aromatic nitrogens is 1. The molecule has 0 aromatic carbocycles. The molecule has 0 saturated carbocycles. The summed E-state index contributed by atoms with van der Waals surface area (Å²) < 4.78 is 0. The molecule has 11 heavy (non-hydrogen) atoms. The van der Waals surface area contributed by atoms with Crippen LogP contribution in [0.3, 0.4) is 0 Å². The van der Waals surface area contributed by atoms with Gasteiger partial charge in [-0.05, 0) is 25.5 Å². The van der Waals surface area contributed by atoms with Gasteiger partial charge in [0.1, 0.15) is 0 Å². The van der Waals surface area contributed by atoms with E-state index in [4.69, 9.17) is 0 Å². The summed E-state index contributed by atoms with van der Waals surface area (Å²) in [6.45, 7) is 5.60. The molecule has 2 rings (SSSR count). The fourth-order valence-corrected chi connectivity index (χ4v) is 1.70. The second-order valence-corrected chi connectivity index (χ2v) is 3.80. The highest BCUT2D eigenvalue weighted by Gasteiger charge is 2.38. The molecule has 1 aliphatic heterocycles. The smallest absolute Gasteiger partial charge is 0.0206 e. The molecule has 1 aliphatic rings. The first-order valence-corrected chi connectivity index (χ1v) is 4.08. The molecular weight excluding hydrogens is 136 g/mol. The number of hydrogen-bond donors (Lipinski definition) is 2. The van der Waals surface area contributed by atoms with Gasteiger partial charge in [-0.25, -0.2) is 0 Å². The van der Waals surface area contributed by atoms with Crippen molar-refractivity contribution in [2.24, 2.45) is 0 Å². The Bertz CT molecular complexity index is 236. The van der Waals surface area contributed by atoms with Gasteiger partial charge in [-0.1, -0.05) is 0 Å². The molecule has 2 heteroatoms. The van der Waals surface area contributed by atoms with Crippen LogP contribution in [0.1, 0.15) is 25.3 Å². The summed E-state index contributed by atoms with van der Waals surface area (Å²) in [5, 5.41) is 3.41. The molecule has 0 radical (unpaired) electrons. The lowest BCUT2D eigenvalue weighted by Gasteiger charge is -2.45. The van der Waals surface area contributed by atoms with Crippen LogP contribution >= 0.6 is 0 Å². The Hall–Kier alpha value is -0.760. The maximum atomic E-state index is 3.41. The van der Waals surface area contributed by atoms with Crippen LogP contribution in [0.2, 0.25) is 0 Å². The zero-order valence-electron chi connectivity index (χ0n) is 7.02. The lowest BCUT2D eigenvalue weighted by Crippen LogP contribution is -2.59. The molecular formula is C9H14N2. The minimum Gasteiger partial charge on any atom is -0.367 e. The van der Waals surface area contributed by atoms with Crippen LogP contribution in [0.5, 0.6) is 0 Å². The summed E-state index contributed by atoms with van der Waals surface area (Å²) in [6.07, 6.45) is 4.08. The fraction of sp³-hybridized carbons (Fsp3) is 0.556. The maximum absolute atomic E-state index is 3.41. The van der Waals surface area contributed by atoms with Crippen LogP contribution < -0.4 is 5.32 Å². The van der Waals surface area contributed by atoms with Gasteiger partial charge in [-0.15, -0.1) is 0 Å². The van der Waals surface area contributed by atoms with Gasteiger partial charge in [0.15, 0.2) is 0 Å². The highest BCUT2D eigenvalue weighted by molar-refractivity contribution is 5.24. The standard InChI is InChI=1S/C9H14N2/c1-9(2)8(6-11-9)7-3-4-10-5-7/h3-5,8,10-11H,6H2,1-2H3. The maximum Gasteiger partial charge on any atom is 0.0206 e. The Morgan fingerprint density at radius 3 is 2.73 bits per heavy atom. The van der Waals surface area contributed by atoms with Gasteiger partial charge in [0.05, 0.1) is 0 Å². The van der Waals surface area contributed by atoms with Gasteiger partial charge < -0.3 is 10.3 Å². The third-order valence-electron chi connectivity index (χ3n) is 2.66. The fourth-order valence-electron chi connectivity index (χ4n) is 1.70. The first-order valence-electron chi connectivity index (χ1n) is 4.08. The van der Waals surface area contributed by atoms with Crippen molar-refractivity contribution in [3.05, 3.63) is 24.0 Å². The van der Waals surface area contributed by atoms with E-state index < -0.39 is 0 Å². The average Bonchev–Trinajstić information content (AvgIpc) is 2.38. The van der Waals surface area contributed by atoms with Crippen molar-refractivity contribution in [3.63, 3.8) is 0 Å². The second-order valence-electron chi connectivity index (χ2n) is 3.80. The lowest BCUT2D eigenvalue weighted by molar-refractivity contribution is 0.208. The zero-order valence-corrected chi connectivity index (χ0v) is 7.02. The predicted molar refractivity (Wildman–Crippen MR) is 45.6 cm³/mol. The van der Waals surface area contributed by atoms with E-state index in [-0.39, 0.29) is 0 Å². The molecule has 0 bridgehead atoms. The van der Waals surface area contributed by atoms with E-state index in [1.165, 1.54) is 5.56 Å². The van der Waals surface area contributed by atoms with Crippen molar-refractivity contribution in [2.45, 2.75) is 25.3 Å². The summed E-state index contributed by atoms with van der Waals surface area (Å²) in [5.74, 6) is 0.689. The normalized spacial score (nSPS) is 28.0. The Balaban J connectivity index is 2.20. The Morgan fingerprint density at radius 1 is 1.55 bits per heavy atom. The van der Waals surface area contributed by atoms with Gasteiger partial charge in [-0.3, -0.25) is 0 Å². The lowest BCUT2D eigenvalue weighted by atomic mass is 9.76. The monoisotopic (exact) mass is 150 g/mol. The van der Waals surface area contributed by atoms with E-state index in [1.807, 2.05) is 6.20 Å². The van der Waals surface area contributed by atoms with E-state index in [0.717, 1.165) is 6.54 Å². The van der Waals surface area contributed by atoms with Crippen molar-refractivity contribution in [3.8, 4) is 0 Å². The van der Waals surface area contributed by atoms with Gasteiger partial charge in [0, 0.05) is 30.4 Å². The van der Waals surface area contributed by atoms with Gasteiger partial charge >= 0.3 is 0 Å². The summed E-state index contributed by atoms with van der Waals surface area (Å²) in [7, 11) is 0. The van der Waals surface area contributed by atoms with Crippen molar-refractivity contribution in [1.82, 2.24) is 10.3 Å². The van der Waals surface area contributed by atoms with Gasteiger partial charge in [0.2, 0.25) is 0 Å². The molecule has 0 aliphatic carbocycles. The molecule has 1 aromatic rings. The minimum absolute atomic E-state index is 0.294. The van der Waals surface area contributed by atoms with Crippen LogP contribution in [-0.2, 0) is 0 Å². The average molecular weight is 150 g/mol. The quantitative estimate of drug-likeness (QED) is 0.623. The highest BCUT2D eigenvalue weighted by atomic mass is 15.1. The summed E-state index contributed by atoms with van der Waals surface area (Å²) in [6, 6.07) is 2.16. The number of aromatic amines is 1. The van der Waals surface area contributed by atoms with Crippen LogP contribution in [-0.4, -0.2) is 17.1 Å². The van der Waals surface area contributed by atoms with E-state index in [2.05, 4.69) is 36.4 Å². The van der Waals surface area contributed by atoms with Crippen LogP contribution in [0.4, 0.5) is 0 Å². The first kappa shape index (κ1) is 6.92. The van der Waals surface area contributed by atoms with E-state index >= 15 is 0 Å². The molecule has 1 aromatic heterocycles. The largest absolute Gasteiger partial charge is 0.367 e. The van der Waals surface area contributed by atoms with Crippen molar-refractivity contribution in [2.75, 3.05) is 6.54 Å². The molecule has 1 fully saturated rings. The molecule has 2 N–H and O–H groups in total. The summed E-state index contributed by atoms with van der Waals surface area (Å²) >= 11 is 0. The summed E-state index contributed by atoms with van der Waals surface area (Å²) in [4.78, 5) is 3.09. The van der Waals surface area contributed by atoms with Crippen molar-refractivity contribution < 1.29 is 0 Å². The molecule has 1 atom stereocenters. The molecule has 2 nitrogen and oxygen atoms in total. The van der Waals surface area contributed by atoms with Crippen molar-refractivity contribution in [1.29, 1.82) is 0 Å². The Kier molecular flexibility index (Phi) is 1.33. The van der Waals surface area contributed by atoms with E-state index in [0.29, 0.717) is 11.5 Å². The zero-order chi connectivity index (χ0) is 7.90. The molecule has 0 spiro atoms. The summed E-state index contributed by atoms with van der Waals surface area (Å²) in [5.41, 5.74) is 1.72. The number of hydrogen-bond acceptors (Lipinski definition) is 1. The topological polar surface area (TPSA) is 27.8 Å². The molecule has 1 unspecified atom stereocenters. The van der Waals surface area contributed by atoms with Crippen LogP contribution in [0.25, 0.3) is 0 Å². The molecule has 2 heterocycles. The molecule has 0 amide bonds. The molecule has 1 saturated heterocycles. The number of H-pyrrole nitrogens is 1. The Labute approximate surface area is 67.0 Å². The Morgan fingerprint density at radius 2 is 2.36 bits per heavy atom. The second kappa shape index (κ2) is 2.11. The third kappa shape index (κ3) is 0.979. The highest BCUT2D eigenvalue weighted by Crippen LogP contribution is 2.34. The first-order chi connectivity index (χ1) is 5.20. The number of nitrogens with one attached hydrogen (secondary N) is 2. The SMILES string of the molecule is CC1(C)NCC1c1cc[nH]c1. The third-order valence-corrected chi connectivity index (χ3v) is 2.66. The van der Waals surface area contributed by atoms with Gasteiger partial charge in [-0.2, -0.15) is 0 Å². The minimum atomic E-state index is 0.294. The van der Waals surface area contributed by atoms with Crippen LogP contribution in [0.15, 0.2) is 18.5 Å². The van der Waals surface area contributed by atoms with Gasteiger partial charge in [0.25, 0.3) is 0 Å². The van der Waals surface area contributed by atoms with E-state index in [9.17, 15) is 0 Å². The predicted octanol–water partition coefficient (Wildman–Crippen LogP) is 1.48.